The van der Waals surface area contributed by atoms with Crippen molar-refractivity contribution in [1.82, 2.24) is 4.98 Å². The summed E-state index contributed by atoms with van der Waals surface area (Å²) in [5.41, 5.74) is 1.28. The Morgan fingerprint density at radius 2 is 2.50 bits per heavy atom. The van der Waals surface area contributed by atoms with E-state index in [0.717, 1.165) is 3.92 Å². The smallest absolute Gasteiger partial charge is 0.159 e. The molecule has 0 unspecified atom stereocenters. The number of nitrogens with zero attached hydrogens (tertiary/aromatic N) is 1. The van der Waals surface area contributed by atoms with E-state index in [1.165, 1.54) is 10.5 Å². The zero-order valence-electron chi connectivity index (χ0n) is 5.89. The molecule has 0 spiro atoms. The van der Waals surface area contributed by atoms with Gasteiger partial charge in [0.15, 0.2) is 3.92 Å². The lowest BCUT2D eigenvalue weighted by Gasteiger charge is -1.89. The maximum Gasteiger partial charge on any atom is 0.159 e. The molecule has 0 amide bonds. The number of rotatable bonds is 1. The largest absolute Gasteiger partial charge is 0.237 e. The van der Waals surface area contributed by atoms with Crippen LogP contribution in [0.5, 0.6) is 0 Å². The molecule has 0 saturated heterocycles. The Balaban J connectivity index is 2.95. The van der Waals surface area contributed by atoms with Gasteiger partial charge in [-0.25, -0.2) is 4.98 Å². The summed E-state index contributed by atoms with van der Waals surface area (Å²) in [5, 5.41) is 0. The molecule has 0 radical (unpaired) electrons. The Labute approximate surface area is 72.9 Å². The lowest BCUT2D eigenvalue weighted by molar-refractivity contribution is 1.37. The summed E-state index contributed by atoms with van der Waals surface area (Å²) in [7, 11) is 0. The molecule has 1 rings (SSSR count). The van der Waals surface area contributed by atoms with Crippen LogP contribution in [-0.2, 0) is 0 Å². The fourth-order valence-electron chi connectivity index (χ4n) is 0.577. The Morgan fingerprint density at radius 1 is 1.80 bits per heavy atom. The normalized spacial score (nSPS) is 12.1. The first-order valence-corrected chi connectivity index (χ1v) is 4.59. The number of allylic oxidation sites excluding steroid dienone is 2. The van der Waals surface area contributed by atoms with Gasteiger partial charge in [-0.05, 0) is 35.4 Å². The molecule has 0 aliphatic heterocycles. The fourth-order valence-corrected chi connectivity index (χ4v) is 1.87. The highest BCUT2D eigenvalue weighted by molar-refractivity contribution is 9.11. The van der Waals surface area contributed by atoms with Crippen molar-refractivity contribution in [3.05, 3.63) is 21.1 Å². The van der Waals surface area contributed by atoms with Crippen molar-refractivity contribution in [2.24, 2.45) is 0 Å². The molecule has 3 heteroatoms. The third-order valence-corrected chi connectivity index (χ3v) is 2.91. The van der Waals surface area contributed by atoms with Crippen molar-refractivity contribution in [3.63, 3.8) is 0 Å². The molecule has 0 fully saturated rings. The molecule has 54 valence electrons. The van der Waals surface area contributed by atoms with Crippen molar-refractivity contribution < 1.29 is 0 Å². The average molecular weight is 218 g/mol. The molecule has 1 aromatic heterocycles. The zero-order chi connectivity index (χ0) is 7.56. The van der Waals surface area contributed by atoms with E-state index >= 15 is 0 Å². The predicted octanol–water partition coefficient (Wildman–Crippen LogP) is 3.33. The first-order valence-electron chi connectivity index (χ1n) is 2.98. The second-order valence-electron chi connectivity index (χ2n) is 1.95. The molecular weight excluding hydrogens is 210 g/mol. The Kier molecular flexibility index (Phi) is 2.63. The second-order valence-corrected chi connectivity index (χ2v) is 4.26. The summed E-state index contributed by atoms with van der Waals surface area (Å²) in [6, 6.07) is 0. The van der Waals surface area contributed by atoms with E-state index < -0.39 is 0 Å². The van der Waals surface area contributed by atoms with Gasteiger partial charge in [0.05, 0.1) is 4.88 Å². The van der Waals surface area contributed by atoms with Crippen molar-refractivity contribution >= 4 is 32.8 Å². The molecule has 0 N–H and O–H groups in total. The Morgan fingerprint density at radius 3 is 2.90 bits per heavy atom. The monoisotopic (exact) mass is 217 g/mol. The summed E-state index contributed by atoms with van der Waals surface area (Å²) < 4.78 is 0.948. The van der Waals surface area contributed by atoms with Gasteiger partial charge in [0.2, 0.25) is 0 Å². The first kappa shape index (κ1) is 7.95. The molecule has 1 nitrogen and oxygen atoms in total. The van der Waals surface area contributed by atoms with Gasteiger partial charge in [-0.15, -0.1) is 11.3 Å². The molecule has 0 saturated carbocycles. The summed E-state index contributed by atoms with van der Waals surface area (Å²) in [4.78, 5) is 5.31. The van der Waals surface area contributed by atoms with Gasteiger partial charge in [0.1, 0.15) is 0 Å². The van der Waals surface area contributed by atoms with Crippen LogP contribution in [0, 0.1) is 0 Å². The number of aromatic nitrogens is 1. The van der Waals surface area contributed by atoms with Crippen LogP contribution >= 0.6 is 27.3 Å². The molecule has 10 heavy (non-hydrogen) atoms. The maximum atomic E-state index is 4.08. The second kappa shape index (κ2) is 3.30. The lowest BCUT2D eigenvalue weighted by Crippen LogP contribution is -1.67. The number of halogens is 1. The minimum Gasteiger partial charge on any atom is -0.237 e. The van der Waals surface area contributed by atoms with E-state index in [2.05, 4.69) is 33.9 Å². The van der Waals surface area contributed by atoms with Gasteiger partial charge in [-0.3, -0.25) is 0 Å². The highest BCUT2D eigenvalue weighted by Gasteiger charge is 1.98. The summed E-state index contributed by atoms with van der Waals surface area (Å²) in [6.45, 7) is 4.11. The SMILES string of the molecule is C/C=C(\C)c1cnc(Br)s1. The first-order chi connectivity index (χ1) is 4.74. The van der Waals surface area contributed by atoms with Crippen LogP contribution in [0.15, 0.2) is 16.2 Å². The minimum absolute atomic E-state index is 0.948. The quantitative estimate of drug-likeness (QED) is 0.704. The average Bonchev–Trinajstić information content (AvgIpc) is 2.34. The maximum absolute atomic E-state index is 4.08. The van der Waals surface area contributed by atoms with Crippen LogP contribution in [0.1, 0.15) is 18.7 Å². The third-order valence-electron chi connectivity index (χ3n) is 1.30. The molecule has 0 bridgehead atoms. The van der Waals surface area contributed by atoms with Crippen molar-refractivity contribution in [2.45, 2.75) is 13.8 Å². The highest BCUT2D eigenvalue weighted by atomic mass is 79.9. The number of thiazole rings is 1. The standard InChI is InChI=1S/C7H8BrNS/c1-3-5(2)6-4-9-7(8)10-6/h3-4H,1-2H3/b5-3+. The van der Waals surface area contributed by atoms with Crippen LogP contribution in [0.3, 0.4) is 0 Å². The number of hydrogen-bond donors (Lipinski definition) is 0. The van der Waals surface area contributed by atoms with Crippen LogP contribution in [-0.4, -0.2) is 4.98 Å². The minimum atomic E-state index is 0.948. The van der Waals surface area contributed by atoms with E-state index in [4.69, 9.17) is 0 Å². The van der Waals surface area contributed by atoms with E-state index in [1.54, 1.807) is 11.3 Å². The van der Waals surface area contributed by atoms with Crippen LogP contribution < -0.4 is 0 Å². The fraction of sp³-hybridized carbons (Fsp3) is 0.286. The van der Waals surface area contributed by atoms with Crippen LogP contribution in [0.4, 0.5) is 0 Å². The topological polar surface area (TPSA) is 12.9 Å². The Bertz CT molecular complexity index is 252. The Hall–Kier alpha value is -0.150. The predicted molar refractivity (Wildman–Crippen MR) is 49.1 cm³/mol. The molecule has 0 aliphatic carbocycles. The van der Waals surface area contributed by atoms with Gasteiger partial charge in [-0.2, -0.15) is 0 Å². The molecule has 0 aromatic carbocycles. The van der Waals surface area contributed by atoms with E-state index in [0.29, 0.717) is 0 Å². The van der Waals surface area contributed by atoms with Crippen molar-refractivity contribution in [3.8, 4) is 0 Å². The van der Waals surface area contributed by atoms with Crippen molar-refractivity contribution in [1.29, 1.82) is 0 Å². The third kappa shape index (κ3) is 1.67. The van der Waals surface area contributed by atoms with Crippen molar-refractivity contribution in [2.75, 3.05) is 0 Å². The molecular formula is C7H8BrNS. The summed E-state index contributed by atoms with van der Waals surface area (Å²) in [6.07, 6.45) is 3.96. The van der Waals surface area contributed by atoms with Crippen LogP contribution in [0.2, 0.25) is 0 Å². The zero-order valence-corrected chi connectivity index (χ0v) is 8.29. The number of hydrogen-bond acceptors (Lipinski definition) is 2. The molecule has 0 aliphatic rings. The van der Waals surface area contributed by atoms with Gasteiger partial charge in [-0.1, -0.05) is 6.08 Å². The van der Waals surface area contributed by atoms with E-state index in [9.17, 15) is 0 Å². The van der Waals surface area contributed by atoms with Gasteiger partial charge >= 0.3 is 0 Å². The van der Waals surface area contributed by atoms with E-state index in [-0.39, 0.29) is 0 Å². The van der Waals surface area contributed by atoms with Gasteiger partial charge in [0.25, 0.3) is 0 Å². The molecule has 0 atom stereocenters. The van der Waals surface area contributed by atoms with Crippen LogP contribution in [0.25, 0.3) is 5.57 Å². The van der Waals surface area contributed by atoms with Gasteiger partial charge in [0, 0.05) is 6.20 Å². The molecule has 1 aromatic rings. The summed E-state index contributed by atoms with van der Waals surface area (Å²) in [5.74, 6) is 0. The van der Waals surface area contributed by atoms with E-state index in [1.807, 2.05) is 13.1 Å². The molecule has 1 heterocycles. The summed E-state index contributed by atoms with van der Waals surface area (Å²) >= 11 is 4.97. The van der Waals surface area contributed by atoms with Gasteiger partial charge < -0.3 is 0 Å². The lowest BCUT2D eigenvalue weighted by atomic mass is 10.3. The highest BCUT2D eigenvalue weighted by Crippen LogP contribution is 2.24.